The topological polar surface area (TPSA) is 412 Å². The van der Waals surface area contributed by atoms with Crippen molar-refractivity contribution < 1.29 is 88.6 Å². The molecule has 6 rings (SSSR count). The number of carbonyl (C=O) groups is 7. The first-order chi connectivity index (χ1) is 38.8. The second kappa shape index (κ2) is 28.6. The van der Waals surface area contributed by atoms with Gasteiger partial charge in [-0.1, -0.05) is 45.9 Å². The number of amides is 5. The summed E-state index contributed by atoms with van der Waals surface area (Å²) in [6.45, 7) is 6.95. The van der Waals surface area contributed by atoms with Gasteiger partial charge >= 0.3 is 6.09 Å². The first-order valence-corrected chi connectivity index (χ1v) is 26.5. The van der Waals surface area contributed by atoms with E-state index >= 15 is 0 Å². The zero-order chi connectivity index (χ0) is 60.2. The molecule has 26 heteroatoms. The van der Waals surface area contributed by atoms with Gasteiger partial charge in [0, 0.05) is 73.7 Å². The molecule has 2 aromatic carbocycles. The lowest BCUT2D eigenvalue weighted by Crippen LogP contribution is -2.61. The molecule has 4 heterocycles. The number of hydrogen-bond donors (Lipinski definition) is 13. The summed E-state index contributed by atoms with van der Waals surface area (Å²) < 4.78 is 16.3. The minimum absolute atomic E-state index is 0.165. The summed E-state index contributed by atoms with van der Waals surface area (Å²) in [5.74, 6) is -7.55. The van der Waals surface area contributed by atoms with Crippen molar-refractivity contribution in [3.8, 4) is 0 Å². The zero-order valence-corrected chi connectivity index (χ0v) is 45.8. The summed E-state index contributed by atoms with van der Waals surface area (Å²) in [6, 6.07) is 17.2. The molecular weight excluding hydrogens is 1070 g/mol. The van der Waals surface area contributed by atoms with E-state index in [9.17, 15) is 74.4 Å². The molecule has 0 bridgehead atoms. The van der Waals surface area contributed by atoms with Crippen molar-refractivity contribution in [2.45, 2.75) is 134 Å². The van der Waals surface area contributed by atoms with Crippen LogP contribution < -0.4 is 31.9 Å². The van der Waals surface area contributed by atoms with E-state index in [-0.39, 0.29) is 18.8 Å². The Hall–Kier alpha value is -7.37. The van der Waals surface area contributed by atoms with Gasteiger partial charge in [-0.2, -0.15) is 0 Å². The van der Waals surface area contributed by atoms with Gasteiger partial charge in [0.2, 0.25) is 17.7 Å². The maximum atomic E-state index is 13.7. The Morgan fingerprint density at radius 2 is 1.49 bits per heavy atom. The maximum Gasteiger partial charge on any atom is 0.414 e. The number of nitrogens with two attached hydrogens (primary N) is 1. The van der Waals surface area contributed by atoms with Crippen molar-refractivity contribution >= 4 is 64.2 Å². The summed E-state index contributed by atoms with van der Waals surface area (Å²) in [4.78, 5) is 103. The summed E-state index contributed by atoms with van der Waals surface area (Å²) >= 11 is 0. The molecule has 444 valence electrons. The smallest absolute Gasteiger partial charge is 0.414 e. The first kappa shape index (κ1) is 63.8. The van der Waals surface area contributed by atoms with E-state index in [2.05, 4.69) is 31.2 Å². The first-order valence-electron chi connectivity index (χ1n) is 26.5. The highest BCUT2D eigenvalue weighted by atomic mass is 16.7. The number of hydrogen-bond acceptors (Lipinski definition) is 21. The van der Waals surface area contributed by atoms with Crippen molar-refractivity contribution in [1.82, 2.24) is 15.3 Å². The zero-order valence-electron chi connectivity index (χ0n) is 45.8. The van der Waals surface area contributed by atoms with Crippen LogP contribution in [0.5, 0.6) is 0 Å². The van der Waals surface area contributed by atoms with E-state index in [1.54, 1.807) is 68.8 Å². The van der Waals surface area contributed by atoms with Crippen molar-refractivity contribution in [2.75, 3.05) is 40.6 Å². The van der Waals surface area contributed by atoms with Crippen LogP contribution in [0.4, 0.5) is 27.7 Å². The number of benzene rings is 2. The van der Waals surface area contributed by atoms with Crippen LogP contribution in [0.15, 0.2) is 85.3 Å². The molecule has 12 atom stereocenters. The Balaban J connectivity index is 1.01. The fourth-order valence-corrected chi connectivity index (χ4v) is 9.40. The van der Waals surface area contributed by atoms with E-state index in [4.69, 9.17) is 19.9 Å². The standard InChI is InChI=1S/C56H72N8O18/c1-28(2)36(22-40(68)44(71)47(74)49(41(69)24-65)82-54-48(75)46(73)45(72)42(25-66)81-54)53(78)61-29(3)39(67)19-32(20-43(57)70)51(76)62-33-10-8-31(9-11-33)26-80-55(79)64-27-56(4,5)37-13-12-34(21-38(37)64)63-52(77)35-7-6-16-59-50(35)60-23-30-14-17-58-18-15-30/h6-18,21,28-29,32,36,41-42,44-49,54,65-66,69,71-75H,19-20,22-27H2,1-5H3,(H2,57,70)(H,59,60)(H,61,78)(H,62,76)(H,63,77)/t29?,32?,36?,41-,42-,44+,45+,46+,47+,48-,49+,54+/m1/s1. The summed E-state index contributed by atoms with van der Waals surface area (Å²) in [5, 5.41) is 93.4. The molecule has 2 aliphatic heterocycles. The van der Waals surface area contributed by atoms with E-state index in [0.717, 1.165) is 11.1 Å². The number of aromatic nitrogens is 2. The number of pyridine rings is 2. The van der Waals surface area contributed by atoms with Crippen LogP contribution in [0.25, 0.3) is 0 Å². The number of nitrogens with one attached hydrogen (secondary N) is 4. The molecule has 0 aliphatic carbocycles. The third-order valence-corrected chi connectivity index (χ3v) is 14.3. The lowest BCUT2D eigenvalue weighted by atomic mass is 9.86. The molecule has 2 aliphatic rings. The van der Waals surface area contributed by atoms with Gasteiger partial charge in [-0.05, 0) is 78.1 Å². The molecule has 82 heavy (non-hydrogen) atoms. The highest BCUT2D eigenvalue weighted by Crippen LogP contribution is 2.42. The predicted octanol–water partition coefficient (Wildman–Crippen LogP) is 0.161. The minimum atomic E-state index is -2.39. The number of carbonyl (C=O) groups excluding carboxylic acids is 7. The molecule has 0 saturated carbocycles. The van der Waals surface area contributed by atoms with Gasteiger partial charge in [-0.15, -0.1) is 0 Å². The number of primary amides is 1. The molecule has 2 aromatic heterocycles. The number of ether oxygens (including phenoxy) is 3. The highest BCUT2D eigenvalue weighted by Gasteiger charge is 2.48. The van der Waals surface area contributed by atoms with Crippen molar-refractivity contribution in [3.63, 3.8) is 0 Å². The van der Waals surface area contributed by atoms with E-state index in [0.29, 0.717) is 34.9 Å². The number of aliphatic hydroxyl groups is 8. The van der Waals surface area contributed by atoms with E-state index in [1.807, 2.05) is 32.0 Å². The van der Waals surface area contributed by atoms with Gasteiger partial charge in [0.1, 0.15) is 61.3 Å². The predicted molar refractivity (Wildman–Crippen MR) is 292 cm³/mol. The number of Topliss-reactive ketones (excluding diaryl/α,β-unsaturated/α-hetero) is 2. The number of ketones is 2. The molecule has 0 radical (unpaired) electrons. The summed E-state index contributed by atoms with van der Waals surface area (Å²) in [5.41, 5.74) is 8.91. The normalized spacial score (nSPS) is 20.9. The minimum Gasteiger partial charge on any atom is -0.444 e. The lowest BCUT2D eigenvalue weighted by Gasteiger charge is -2.42. The van der Waals surface area contributed by atoms with Crippen LogP contribution in [-0.2, 0) is 56.7 Å². The van der Waals surface area contributed by atoms with Crippen molar-refractivity contribution in [2.24, 2.45) is 23.5 Å². The molecule has 14 N–H and O–H groups in total. The summed E-state index contributed by atoms with van der Waals surface area (Å²) in [7, 11) is 0. The number of fused-ring (bicyclic) bond motifs is 1. The molecule has 1 saturated heterocycles. The van der Waals surface area contributed by atoms with E-state index in [1.165, 1.54) is 24.0 Å². The Labute approximate surface area is 472 Å². The van der Waals surface area contributed by atoms with Crippen molar-refractivity contribution in [3.05, 3.63) is 108 Å². The highest BCUT2D eigenvalue weighted by molar-refractivity contribution is 6.08. The monoisotopic (exact) mass is 1140 g/mol. The van der Waals surface area contributed by atoms with Gasteiger partial charge < -0.3 is 82.1 Å². The SMILES string of the molecule is CC(NC(=O)C(CC(=O)[C@H](O)[C@H](O)[C@@H](O[C@@H]1O[C@H](CO)[C@H](O)[C@H](O)[C@H]1O)[C@H](O)CO)C(C)C)C(=O)CC(CC(N)=O)C(=O)Nc1ccc(COC(=O)N2CC(C)(C)c3ccc(NC(=O)c4cccnc4NCc4ccncc4)cc32)cc1. The Bertz CT molecular complexity index is 2880. The molecule has 0 spiro atoms. The fourth-order valence-electron chi connectivity index (χ4n) is 9.40. The number of anilines is 4. The Kier molecular flexibility index (Phi) is 22.2. The lowest BCUT2D eigenvalue weighted by molar-refractivity contribution is -0.326. The maximum absolute atomic E-state index is 13.7. The van der Waals surface area contributed by atoms with Crippen LogP contribution in [0.3, 0.4) is 0 Å². The molecule has 4 aromatic rings. The van der Waals surface area contributed by atoms with Gasteiger partial charge in [-0.3, -0.25) is 38.7 Å². The second-order valence-electron chi connectivity index (χ2n) is 21.3. The Morgan fingerprint density at radius 3 is 2.13 bits per heavy atom. The number of rotatable bonds is 27. The second-order valence-corrected chi connectivity index (χ2v) is 21.3. The number of nitrogens with zero attached hydrogens (tertiary/aromatic N) is 3. The number of aliphatic hydroxyl groups excluding tert-OH is 8. The van der Waals surface area contributed by atoms with E-state index < -0.39 is 158 Å². The van der Waals surface area contributed by atoms with Crippen LogP contribution in [0.1, 0.15) is 80.9 Å². The quantitative estimate of drug-likeness (QED) is 0.0378. The van der Waals surface area contributed by atoms with Gasteiger partial charge in [0.15, 0.2) is 17.9 Å². The third kappa shape index (κ3) is 16.2. The largest absolute Gasteiger partial charge is 0.444 e. The molecular formula is C56H72N8O18. The Morgan fingerprint density at radius 1 is 0.805 bits per heavy atom. The average molecular weight is 1150 g/mol. The average Bonchev–Trinajstić information content (AvgIpc) is 3.72. The van der Waals surface area contributed by atoms with Crippen LogP contribution in [-0.4, -0.2) is 173 Å². The molecule has 3 unspecified atom stereocenters. The van der Waals surface area contributed by atoms with Crippen LogP contribution in [0, 0.1) is 17.8 Å². The summed E-state index contributed by atoms with van der Waals surface area (Å²) in [6.07, 6.45) is -15.6. The molecule has 5 amide bonds. The third-order valence-electron chi connectivity index (χ3n) is 14.3. The van der Waals surface area contributed by atoms with Crippen LogP contribution >= 0.6 is 0 Å². The van der Waals surface area contributed by atoms with Crippen molar-refractivity contribution in [1.29, 1.82) is 0 Å². The molecule has 1 fully saturated rings. The molecule has 26 nitrogen and oxygen atoms in total. The van der Waals surface area contributed by atoms with Crippen LogP contribution in [0.2, 0.25) is 0 Å². The van der Waals surface area contributed by atoms with Gasteiger partial charge in [0.25, 0.3) is 5.91 Å². The van der Waals surface area contributed by atoms with Gasteiger partial charge in [-0.25, -0.2) is 9.78 Å². The van der Waals surface area contributed by atoms with Gasteiger partial charge in [0.05, 0.1) is 36.4 Å². The fraction of sp³-hybridized carbons (Fsp3) is 0.482.